The van der Waals surface area contributed by atoms with Crippen molar-refractivity contribution in [3.8, 4) is 28.3 Å². The zero-order valence-corrected chi connectivity index (χ0v) is 16.1. The summed E-state index contributed by atoms with van der Waals surface area (Å²) in [7, 11) is 4.79. The van der Waals surface area contributed by atoms with Gasteiger partial charge >= 0.3 is 6.09 Å². The summed E-state index contributed by atoms with van der Waals surface area (Å²) in [4.78, 5) is 31.3. The largest absolute Gasteiger partial charge is 0.497 e. The number of anilines is 1. The number of ether oxygens (including phenoxy) is 1. The Morgan fingerprint density at radius 3 is 2.79 bits per heavy atom. The van der Waals surface area contributed by atoms with Gasteiger partial charge in [-0.25, -0.2) is 14.8 Å². The summed E-state index contributed by atoms with van der Waals surface area (Å²) >= 11 is 0. The number of benzene rings is 1. The molecule has 10 nitrogen and oxygen atoms in total. The second-order valence-corrected chi connectivity index (χ2v) is 6.51. The SMILES string of the molecule is COc1ccc2nc(-c3cc(-c4cnn(OC(=O)N(C)C)c4)cnc3N)[nH]c2c1. The summed E-state index contributed by atoms with van der Waals surface area (Å²) in [6.45, 7) is 0. The van der Waals surface area contributed by atoms with Crippen LogP contribution >= 0.6 is 0 Å². The fourth-order valence-corrected chi connectivity index (χ4v) is 2.73. The Balaban J connectivity index is 1.68. The van der Waals surface area contributed by atoms with E-state index in [1.54, 1.807) is 39.8 Å². The third-order valence-corrected chi connectivity index (χ3v) is 4.29. The van der Waals surface area contributed by atoms with Crippen molar-refractivity contribution in [3.05, 3.63) is 42.9 Å². The van der Waals surface area contributed by atoms with Crippen molar-refractivity contribution in [1.29, 1.82) is 0 Å². The van der Waals surface area contributed by atoms with Gasteiger partial charge in [-0.1, -0.05) is 4.85 Å². The van der Waals surface area contributed by atoms with E-state index in [2.05, 4.69) is 20.1 Å². The molecule has 3 heterocycles. The second kappa shape index (κ2) is 7.15. The minimum absolute atomic E-state index is 0.339. The zero-order chi connectivity index (χ0) is 20.5. The van der Waals surface area contributed by atoms with E-state index in [0.29, 0.717) is 22.8 Å². The topological polar surface area (TPSA) is 124 Å². The molecule has 0 spiro atoms. The van der Waals surface area contributed by atoms with Gasteiger partial charge in [-0.2, -0.15) is 0 Å². The molecule has 0 radical (unpaired) electrons. The zero-order valence-electron chi connectivity index (χ0n) is 16.1. The molecule has 0 fully saturated rings. The van der Waals surface area contributed by atoms with Crippen molar-refractivity contribution in [3.63, 3.8) is 0 Å². The maximum atomic E-state index is 11.7. The Bertz CT molecular complexity index is 1200. The van der Waals surface area contributed by atoms with Gasteiger partial charge in [0, 0.05) is 37.5 Å². The average molecular weight is 393 g/mol. The molecule has 29 heavy (non-hydrogen) atoms. The third-order valence-electron chi connectivity index (χ3n) is 4.29. The number of amides is 1. The number of imidazole rings is 1. The third kappa shape index (κ3) is 3.55. The number of nitrogens with two attached hydrogens (primary N) is 1. The number of aromatic nitrogens is 5. The van der Waals surface area contributed by atoms with Crippen molar-refractivity contribution < 1.29 is 14.4 Å². The summed E-state index contributed by atoms with van der Waals surface area (Å²) in [5.41, 5.74) is 9.81. The van der Waals surface area contributed by atoms with E-state index in [4.69, 9.17) is 15.3 Å². The van der Waals surface area contributed by atoms with Crippen molar-refractivity contribution in [2.24, 2.45) is 0 Å². The fraction of sp³-hybridized carbons (Fsp3) is 0.158. The van der Waals surface area contributed by atoms with E-state index in [0.717, 1.165) is 27.2 Å². The molecular weight excluding hydrogens is 374 g/mol. The van der Waals surface area contributed by atoms with Crippen molar-refractivity contribution >= 4 is 22.9 Å². The molecule has 10 heteroatoms. The second-order valence-electron chi connectivity index (χ2n) is 6.51. The van der Waals surface area contributed by atoms with E-state index in [1.165, 1.54) is 4.90 Å². The lowest BCUT2D eigenvalue weighted by atomic mass is 10.1. The maximum Gasteiger partial charge on any atom is 0.435 e. The van der Waals surface area contributed by atoms with E-state index in [1.807, 2.05) is 24.3 Å². The molecule has 0 aliphatic heterocycles. The lowest BCUT2D eigenvalue weighted by Gasteiger charge is -2.08. The number of nitrogens with one attached hydrogen (secondary N) is 1. The highest BCUT2D eigenvalue weighted by Gasteiger charge is 2.14. The van der Waals surface area contributed by atoms with Gasteiger partial charge in [-0.3, -0.25) is 4.84 Å². The predicted octanol–water partition coefficient (Wildman–Crippen LogP) is 2.19. The first-order valence-corrected chi connectivity index (χ1v) is 8.69. The molecule has 0 atom stereocenters. The Hall–Kier alpha value is -4.08. The molecule has 0 unspecified atom stereocenters. The van der Waals surface area contributed by atoms with E-state index >= 15 is 0 Å². The Labute approximate surface area is 165 Å². The molecule has 3 N–H and O–H groups in total. The molecular formula is C19H19N7O3. The van der Waals surface area contributed by atoms with Crippen molar-refractivity contribution in [1.82, 2.24) is 29.8 Å². The number of methoxy groups -OCH3 is 1. The first kappa shape index (κ1) is 18.3. The minimum atomic E-state index is -0.534. The summed E-state index contributed by atoms with van der Waals surface area (Å²) in [5, 5.41) is 4.04. The molecule has 4 aromatic rings. The highest BCUT2D eigenvalue weighted by atomic mass is 16.7. The number of aromatic amines is 1. The first-order valence-electron chi connectivity index (χ1n) is 8.69. The van der Waals surface area contributed by atoms with Gasteiger partial charge in [0.15, 0.2) is 0 Å². The van der Waals surface area contributed by atoms with Gasteiger partial charge < -0.3 is 20.4 Å². The van der Waals surface area contributed by atoms with Crippen LogP contribution < -0.4 is 15.3 Å². The number of carbonyl (C=O) groups is 1. The van der Waals surface area contributed by atoms with Crippen LogP contribution in [0.1, 0.15) is 0 Å². The quantitative estimate of drug-likeness (QED) is 0.544. The number of hydrogen-bond donors (Lipinski definition) is 2. The summed E-state index contributed by atoms with van der Waals surface area (Å²) < 4.78 is 5.25. The van der Waals surface area contributed by atoms with Crippen LogP contribution in [0.5, 0.6) is 5.75 Å². The summed E-state index contributed by atoms with van der Waals surface area (Å²) in [6, 6.07) is 7.42. The molecule has 0 saturated carbocycles. The van der Waals surface area contributed by atoms with Gasteiger partial charge in [-0.15, -0.1) is 5.10 Å². The van der Waals surface area contributed by atoms with Crippen LogP contribution in [-0.4, -0.2) is 57.1 Å². The van der Waals surface area contributed by atoms with Gasteiger partial charge in [0.1, 0.15) is 17.4 Å². The lowest BCUT2D eigenvalue weighted by Crippen LogP contribution is -2.31. The molecule has 4 rings (SSSR count). The number of H-pyrrole nitrogens is 1. The van der Waals surface area contributed by atoms with Gasteiger partial charge in [0.25, 0.3) is 0 Å². The summed E-state index contributed by atoms with van der Waals surface area (Å²) in [6.07, 6.45) is 4.25. The number of nitrogens with zero attached hydrogens (tertiary/aromatic N) is 5. The highest BCUT2D eigenvalue weighted by molar-refractivity contribution is 5.84. The van der Waals surface area contributed by atoms with Crippen LogP contribution in [0.4, 0.5) is 10.6 Å². The first-order chi connectivity index (χ1) is 13.9. The van der Waals surface area contributed by atoms with Crippen LogP contribution in [0.25, 0.3) is 33.5 Å². The van der Waals surface area contributed by atoms with Crippen LogP contribution in [0, 0.1) is 0 Å². The van der Waals surface area contributed by atoms with Crippen LogP contribution in [0.2, 0.25) is 0 Å². The van der Waals surface area contributed by atoms with Crippen molar-refractivity contribution in [2.75, 3.05) is 26.9 Å². The molecule has 0 bridgehead atoms. The number of carbonyl (C=O) groups excluding carboxylic acids is 1. The van der Waals surface area contributed by atoms with Crippen LogP contribution in [0.15, 0.2) is 42.9 Å². The minimum Gasteiger partial charge on any atom is -0.497 e. The molecule has 1 amide bonds. The number of pyridine rings is 1. The maximum absolute atomic E-state index is 11.7. The predicted molar refractivity (Wildman–Crippen MR) is 107 cm³/mol. The van der Waals surface area contributed by atoms with Gasteiger partial charge in [0.2, 0.25) is 0 Å². The Morgan fingerprint density at radius 2 is 2.03 bits per heavy atom. The van der Waals surface area contributed by atoms with E-state index in [-0.39, 0.29) is 0 Å². The molecule has 3 aromatic heterocycles. The monoisotopic (exact) mass is 393 g/mol. The highest BCUT2D eigenvalue weighted by Crippen LogP contribution is 2.30. The molecule has 0 saturated heterocycles. The van der Waals surface area contributed by atoms with Crippen LogP contribution in [0.3, 0.4) is 0 Å². The standard InChI is InChI=1S/C19H19N7O3/c1-25(2)19(27)29-26-10-12(9-22-26)11-6-14(17(20)21-8-11)18-23-15-5-4-13(28-3)7-16(15)24-18/h4-10H,1-3H3,(H2,20,21)(H,23,24). The molecule has 0 aliphatic rings. The summed E-state index contributed by atoms with van der Waals surface area (Å²) in [5.74, 6) is 1.66. The Kier molecular flexibility index (Phi) is 4.51. The van der Waals surface area contributed by atoms with Gasteiger partial charge in [0.05, 0.1) is 36.1 Å². The fourth-order valence-electron chi connectivity index (χ4n) is 2.73. The lowest BCUT2D eigenvalue weighted by molar-refractivity contribution is 0.0919. The number of hydrogen-bond acceptors (Lipinski definition) is 7. The Morgan fingerprint density at radius 1 is 1.21 bits per heavy atom. The van der Waals surface area contributed by atoms with Crippen LogP contribution in [-0.2, 0) is 0 Å². The smallest absolute Gasteiger partial charge is 0.435 e. The normalized spacial score (nSPS) is 10.9. The number of fused-ring (bicyclic) bond motifs is 1. The van der Waals surface area contributed by atoms with E-state index < -0.39 is 6.09 Å². The number of nitrogen functional groups attached to an aromatic ring is 1. The molecule has 1 aromatic carbocycles. The number of rotatable bonds is 4. The van der Waals surface area contributed by atoms with Gasteiger partial charge in [-0.05, 0) is 18.2 Å². The average Bonchev–Trinajstić information content (AvgIpc) is 3.34. The molecule has 148 valence electrons. The van der Waals surface area contributed by atoms with Crippen molar-refractivity contribution in [2.45, 2.75) is 0 Å². The molecule has 0 aliphatic carbocycles. The van der Waals surface area contributed by atoms with E-state index in [9.17, 15) is 4.79 Å².